The Morgan fingerprint density at radius 1 is 1.16 bits per heavy atom. The minimum Gasteiger partial charge on any atom is -0.395 e. The third-order valence-electron chi connectivity index (χ3n) is 5.98. The minimum atomic E-state index is -0.107. The molecule has 8 nitrogen and oxygen atoms in total. The average molecular weight is 431 g/mol. The number of rotatable bonds is 4. The predicted molar refractivity (Wildman–Crippen MR) is 124 cm³/mol. The van der Waals surface area contributed by atoms with E-state index in [0.29, 0.717) is 6.54 Å². The highest BCUT2D eigenvalue weighted by Gasteiger charge is 2.24. The molecule has 3 aliphatic rings. The van der Waals surface area contributed by atoms with Gasteiger partial charge < -0.3 is 10.0 Å². The van der Waals surface area contributed by atoms with E-state index in [4.69, 9.17) is 5.11 Å². The summed E-state index contributed by atoms with van der Waals surface area (Å²) >= 11 is 0. The molecular formula is C24H26N6O2. The molecular weight excluding hydrogens is 404 g/mol. The molecule has 5 rings (SSSR count). The topological polar surface area (TPSA) is 77.2 Å². The normalized spacial score (nSPS) is 21.1. The summed E-state index contributed by atoms with van der Waals surface area (Å²) in [6.45, 7) is 4.24. The summed E-state index contributed by atoms with van der Waals surface area (Å²) in [7, 11) is 1.90. The molecule has 4 heterocycles. The van der Waals surface area contributed by atoms with Gasteiger partial charge in [-0.3, -0.25) is 19.3 Å². The molecule has 0 atom stereocenters. The fourth-order valence-corrected chi connectivity index (χ4v) is 4.25. The summed E-state index contributed by atoms with van der Waals surface area (Å²) in [5.74, 6) is 0.680. The van der Waals surface area contributed by atoms with Gasteiger partial charge >= 0.3 is 0 Å². The van der Waals surface area contributed by atoms with Crippen molar-refractivity contribution in [2.24, 2.45) is 12.0 Å². The number of aryl methyl sites for hydroxylation is 1. The summed E-state index contributed by atoms with van der Waals surface area (Å²) < 4.78 is 1.79. The van der Waals surface area contributed by atoms with Crippen LogP contribution in [0.25, 0.3) is 16.5 Å². The van der Waals surface area contributed by atoms with Gasteiger partial charge in [0.15, 0.2) is 0 Å². The maximum Gasteiger partial charge on any atom is 0.255 e. The van der Waals surface area contributed by atoms with Crippen LogP contribution in [-0.2, 0) is 11.8 Å². The van der Waals surface area contributed by atoms with Gasteiger partial charge in [0.1, 0.15) is 5.82 Å². The molecule has 8 heteroatoms. The van der Waals surface area contributed by atoms with E-state index in [1.54, 1.807) is 21.9 Å². The van der Waals surface area contributed by atoms with Crippen LogP contribution in [0.2, 0.25) is 0 Å². The number of piperazine rings is 1. The number of aliphatic imine (C=N–C) groups is 1. The molecule has 0 saturated carbocycles. The van der Waals surface area contributed by atoms with Crippen molar-refractivity contribution in [1.29, 1.82) is 0 Å². The average Bonchev–Trinajstić information content (AvgIpc) is 3.17. The number of aliphatic hydroxyl groups is 1. The van der Waals surface area contributed by atoms with E-state index in [1.165, 1.54) is 0 Å². The number of allylic oxidation sites excluding steroid dienone is 5. The van der Waals surface area contributed by atoms with Gasteiger partial charge in [-0.05, 0) is 29.3 Å². The largest absolute Gasteiger partial charge is 0.395 e. The second kappa shape index (κ2) is 8.57. The van der Waals surface area contributed by atoms with E-state index < -0.39 is 0 Å². The molecule has 164 valence electrons. The Hall–Kier alpha value is -3.49. The molecule has 1 N–H and O–H groups in total. The molecule has 3 aliphatic heterocycles. The molecule has 2 aromatic rings. The smallest absolute Gasteiger partial charge is 0.255 e. The van der Waals surface area contributed by atoms with Crippen LogP contribution in [0, 0.1) is 0 Å². The Morgan fingerprint density at radius 3 is 2.81 bits per heavy atom. The zero-order chi connectivity index (χ0) is 22.1. The second-order valence-corrected chi connectivity index (χ2v) is 8.13. The number of aromatic nitrogens is 2. The zero-order valence-electron chi connectivity index (χ0n) is 18.1. The van der Waals surface area contributed by atoms with Crippen molar-refractivity contribution < 1.29 is 9.90 Å². The maximum atomic E-state index is 13.2. The monoisotopic (exact) mass is 430 g/mol. The van der Waals surface area contributed by atoms with Crippen LogP contribution < -0.4 is 0 Å². The van der Waals surface area contributed by atoms with Crippen LogP contribution in [0.5, 0.6) is 0 Å². The van der Waals surface area contributed by atoms with Crippen LogP contribution in [0.15, 0.2) is 71.4 Å². The molecule has 0 radical (unpaired) electrons. The van der Waals surface area contributed by atoms with E-state index in [2.05, 4.69) is 26.0 Å². The number of carbonyl (C=O) groups excluding carboxylic acids is 1. The summed E-state index contributed by atoms with van der Waals surface area (Å²) in [5.41, 5.74) is 3.50. The number of β-amino-alcohol motifs (C(OH)–C–C–N with tert-alkyl or cyclic N) is 1. The molecule has 1 amide bonds. The lowest BCUT2D eigenvalue weighted by Gasteiger charge is -2.37. The number of hydrogen-bond donors (Lipinski definition) is 1. The van der Waals surface area contributed by atoms with E-state index in [1.807, 2.05) is 49.8 Å². The standard InChI is InChI=1S/C24H26N6O2/c1-27-16-20-13-19(5-6-22(20)26-27)18-3-2-4-21-15-25-23(17-30(21)24(32)14-18)29-9-7-28(8-10-29)11-12-31/h2-6,13-17,31H,7-12H2,1H3/b3-2?,18-14?,21-4+. The molecule has 1 aromatic heterocycles. The highest BCUT2D eigenvalue weighted by Crippen LogP contribution is 2.25. The van der Waals surface area contributed by atoms with Gasteiger partial charge in [-0.2, -0.15) is 5.10 Å². The highest BCUT2D eigenvalue weighted by molar-refractivity contribution is 6.03. The van der Waals surface area contributed by atoms with Gasteiger partial charge in [0.05, 0.1) is 30.2 Å². The molecule has 0 bridgehead atoms. The van der Waals surface area contributed by atoms with Crippen molar-refractivity contribution in [1.82, 2.24) is 24.5 Å². The van der Waals surface area contributed by atoms with E-state index in [0.717, 1.165) is 59.7 Å². The number of aliphatic hydroxyl groups excluding tert-OH is 1. The number of benzene rings is 1. The lowest BCUT2D eigenvalue weighted by atomic mass is 10.0. The Labute approximate surface area is 186 Å². The Morgan fingerprint density at radius 2 is 2.00 bits per heavy atom. The SMILES string of the molecule is Cn1cc2cc(C3=CC(=O)N4C=C(N5CCN(CCO)CC5)N=C/C4=C\C=C3)ccc2n1. The molecule has 0 spiro atoms. The molecule has 1 aromatic carbocycles. The molecule has 1 saturated heterocycles. The first kappa shape index (κ1) is 20.4. The Kier molecular flexibility index (Phi) is 5.46. The third kappa shape index (κ3) is 4.02. The van der Waals surface area contributed by atoms with Crippen molar-refractivity contribution in [3.05, 3.63) is 72.0 Å². The summed E-state index contributed by atoms with van der Waals surface area (Å²) in [6.07, 6.45) is 13.0. The predicted octanol–water partition coefficient (Wildman–Crippen LogP) is 1.73. The van der Waals surface area contributed by atoms with Crippen molar-refractivity contribution in [3.8, 4) is 0 Å². The minimum absolute atomic E-state index is 0.107. The van der Waals surface area contributed by atoms with E-state index >= 15 is 0 Å². The van der Waals surface area contributed by atoms with Crippen molar-refractivity contribution >= 4 is 28.6 Å². The number of hydrogen-bond acceptors (Lipinski definition) is 6. The number of nitrogens with zero attached hydrogens (tertiary/aromatic N) is 6. The van der Waals surface area contributed by atoms with Gasteiger partial charge in [-0.25, -0.2) is 4.99 Å². The third-order valence-corrected chi connectivity index (χ3v) is 5.98. The van der Waals surface area contributed by atoms with Gasteiger partial charge in [-0.1, -0.05) is 18.2 Å². The first-order valence-corrected chi connectivity index (χ1v) is 10.8. The summed E-state index contributed by atoms with van der Waals surface area (Å²) in [6, 6.07) is 6.03. The number of carbonyl (C=O) groups is 1. The van der Waals surface area contributed by atoms with Crippen LogP contribution in [-0.4, -0.2) is 81.0 Å². The van der Waals surface area contributed by atoms with Gasteiger partial charge in [0, 0.05) is 57.4 Å². The lowest BCUT2D eigenvalue weighted by Crippen LogP contribution is -2.47. The fraction of sp³-hybridized carbons (Fsp3) is 0.292. The van der Waals surface area contributed by atoms with Crippen LogP contribution in [0.1, 0.15) is 5.56 Å². The quantitative estimate of drug-likeness (QED) is 0.800. The molecule has 32 heavy (non-hydrogen) atoms. The Balaban J connectivity index is 1.40. The van der Waals surface area contributed by atoms with Crippen molar-refractivity contribution in [2.75, 3.05) is 39.3 Å². The van der Waals surface area contributed by atoms with Crippen LogP contribution >= 0.6 is 0 Å². The van der Waals surface area contributed by atoms with E-state index in [-0.39, 0.29) is 12.5 Å². The van der Waals surface area contributed by atoms with Gasteiger partial charge in [-0.15, -0.1) is 0 Å². The molecule has 0 aliphatic carbocycles. The van der Waals surface area contributed by atoms with E-state index in [9.17, 15) is 4.79 Å². The number of fused-ring (bicyclic) bond motifs is 2. The maximum absolute atomic E-state index is 13.2. The van der Waals surface area contributed by atoms with Crippen molar-refractivity contribution in [2.45, 2.75) is 0 Å². The van der Waals surface area contributed by atoms with Crippen LogP contribution in [0.3, 0.4) is 0 Å². The number of amides is 1. The van der Waals surface area contributed by atoms with Gasteiger partial charge in [0.25, 0.3) is 5.91 Å². The van der Waals surface area contributed by atoms with Gasteiger partial charge in [0.2, 0.25) is 0 Å². The lowest BCUT2D eigenvalue weighted by molar-refractivity contribution is -0.121. The fourth-order valence-electron chi connectivity index (χ4n) is 4.25. The zero-order valence-corrected chi connectivity index (χ0v) is 18.1. The highest BCUT2D eigenvalue weighted by atomic mass is 16.3. The second-order valence-electron chi connectivity index (χ2n) is 8.13. The summed E-state index contributed by atoms with van der Waals surface area (Å²) in [5, 5.41) is 14.6. The molecule has 1 fully saturated rings. The Bertz CT molecular complexity index is 1190. The first-order chi connectivity index (χ1) is 15.6. The van der Waals surface area contributed by atoms with Crippen molar-refractivity contribution in [3.63, 3.8) is 0 Å². The molecule has 0 unspecified atom stereocenters. The van der Waals surface area contributed by atoms with Crippen LogP contribution in [0.4, 0.5) is 0 Å². The summed E-state index contributed by atoms with van der Waals surface area (Å²) in [4.78, 5) is 23.9. The first-order valence-electron chi connectivity index (χ1n) is 10.8.